The van der Waals surface area contributed by atoms with E-state index in [1.165, 1.54) is 25.5 Å². The summed E-state index contributed by atoms with van der Waals surface area (Å²) in [7, 11) is 1.37. The number of carboxylic acid groups (broad SMARTS) is 1. The van der Waals surface area contributed by atoms with E-state index in [-0.39, 0.29) is 16.3 Å². The monoisotopic (exact) mass is 228 g/mol. The van der Waals surface area contributed by atoms with E-state index in [0.29, 0.717) is 5.56 Å². The van der Waals surface area contributed by atoms with E-state index in [9.17, 15) is 4.79 Å². The fourth-order valence-electron chi connectivity index (χ4n) is 0.979. The van der Waals surface area contributed by atoms with Gasteiger partial charge in [-0.05, 0) is 12.1 Å². The second kappa shape index (κ2) is 4.65. The van der Waals surface area contributed by atoms with Crippen LogP contribution in [-0.2, 0) is 4.84 Å². The second-order valence-electron chi connectivity index (χ2n) is 2.68. The van der Waals surface area contributed by atoms with Crippen molar-refractivity contribution in [1.82, 2.24) is 0 Å². The Morgan fingerprint density at radius 2 is 2.33 bits per heavy atom. The Hall–Kier alpha value is -1.75. The summed E-state index contributed by atoms with van der Waals surface area (Å²) < 4.78 is 0. The summed E-state index contributed by atoms with van der Waals surface area (Å²) in [6.07, 6.45) is 1.30. The highest BCUT2D eigenvalue weighted by Gasteiger charge is 2.09. The number of carboxylic acids is 1. The lowest BCUT2D eigenvalue weighted by atomic mass is 10.1. The number of anilines is 1. The van der Waals surface area contributed by atoms with Gasteiger partial charge in [0.1, 0.15) is 7.11 Å². The predicted octanol–water partition coefficient (Wildman–Crippen LogP) is 1.60. The largest absolute Gasteiger partial charge is 0.478 e. The molecule has 15 heavy (non-hydrogen) atoms. The van der Waals surface area contributed by atoms with Crippen molar-refractivity contribution in [1.29, 1.82) is 0 Å². The van der Waals surface area contributed by atoms with Crippen LogP contribution in [0.5, 0.6) is 0 Å². The first kappa shape index (κ1) is 11.3. The lowest BCUT2D eigenvalue weighted by molar-refractivity contribution is 0.0697. The van der Waals surface area contributed by atoms with Crippen LogP contribution in [0.1, 0.15) is 15.9 Å². The molecule has 0 radical (unpaired) electrons. The summed E-state index contributed by atoms with van der Waals surface area (Å²) in [5, 5.41) is 12.4. The van der Waals surface area contributed by atoms with Gasteiger partial charge in [-0.2, -0.15) is 0 Å². The number of nitrogens with two attached hydrogens (primary N) is 1. The van der Waals surface area contributed by atoms with E-state index in [1.807, 2.05) is 0 Å². The summed E-state index contributed by atoms with van der Waals surface area (Å²) in [4.78, 5) is 15.2. The predicted molar refractivity (Wildman–Crippen MR) is 57.4 cm³/mol. The lowest BCUT2D eigenvalue weighted by Gasteiger charge is -2.04. The maximum Gasteiger partial charge on any atom is 0.335 e. The Labute approximate surface area is 91.1 Å². The van der Waals surface area contributed by atoms with E-state index in [2.05, 4.69) is 9.99 Å². The van der Waals surface area contributed by atoms with Crippen molar-refractivity contribution in [2.24, 2.45) is 5.16 Å². The first-order valence-electron chi connectivity index (χ1n) is 3.95. The molecule has 0 aliphatic rings. The fourth-order valence-corrected chi connectivity index (χ4v) is 1.21. The van der Waals surface area contributed by atoms with Gasteiger partial charge < -0.3 is 15.7 Å². The fraction of sp³-hybridized carbons (Fsp3) is 0.111. The van der Waals surface area contributed by atoms with Gasteiger partial charge in [-0.3, -0.25) is 0 Å². The number of carbonyl (C=O) groups is 1. The van der Waals surface area contributed by atoms with Gasteiger partial charge in [0.2, 0.25) is 0 Å². The highest BCUT2D eigenvalue weighted by Crippen LogP contribution is 2.23. The third-order valence-corrected chi connectivity index (χ3v) is 2.02. The average Bonchev–Trinajstić information content (AvgIpc) is 2.19. The number of aromatic carboxylic acids is 1. The molecule has 0 aliphatic heterocycles. The normalized spacial score (nSPS) is 10.5. The van der Waals surface area contributed by atoms with Crippen LogP contribution in [0.3, 0.4) is 0 Å². The first-order chi connectivity index (χ1) is 7.06. The minimum Gasteiger partial charge on any atom is -0.478 e. The van der Waals surface area contributed by atoms with Gasteiger partial charge in [0.05, 0.1) is 22.5 Å². The number of rotatable bonds is 3. The molecule has 0 amide bonds. The summed E-state index contributed by atoms with van der Waals surface area (Å²) >= 11 is 5.75. The van der Waals surface area contributed by atoms with Crippen LogP contribution in [0, 0.1) is 0 Å². The molecule has 0 saturated carbocycles. The van der Waals surface area contributed by atoms with E-state index in [0.717, 1.165) is 0 Å². The standard InChI is InChI=1S/C9H9ClN2O3/c1-15-12-4-6-2-5(9(13)14)3-7(10)8(6)11/h2-4H,11H2,1H3,(H,13,14). The number of hydrogen-bond acceptors (Lipinski definition) is 4. The second-order valence-corrected chi connectivity index (χ2v) is 3.09. The lowest BCUT2D eigenvalue weighted by Crippen LogP contribution is -2.01. The molecule has 0 atom stereocenters. The maximum atomic E-state index is 10.7. The zero-order valence-electron chi connectivity index (χ0n) is 7.90. The van der Waals surface area contributed by atoms with Gasteiger partial charge in [-0.25, -0.2) is 4.79 Å². The third-order valence-electron chi connectivity index (χ3n) is 1.71. The highest BCUT2D eigenvalue weighted by atomic mass is 35.5. The molecule has 1 rings (SSSR count). The molecule has 0 spiro atoms. The van der Waals surface area contributed by atoms with E-state index < -0.39 is 5.97 Å². The van der Waals surface area contributed by atoms with Gasteiger partial charge in [0, 0.05) is 5.56 Å². The Balaban J connectivity index is 3.24. The van der Waals surface area contributed by atoms with Crippen LogP contribution in [-0.4, -0.2) is 24.4 Å². The van der Waals surface area contributed by atoms with Gasteiger partial charge >= 0.3 is 5.97 Å². The van der Waals surface area contributed by atoms with Crippen LogP contribution in [0.2, 0.25) is 5.02 Å². The van der Waals surface area contributed by atoms with Crippen molar-refractivity contribution < 1.29 is 14.7 Å². The Morgan fingerprint density at radius 3 is 2.87 bits per heavy atom. The van der Waals surface area contributed by atoms with Crippen molar-refractivity contribution in [2.75, 3.05) is 12.8 Å². The van der Waals surface area contributed by atoms with Crippen molar-refractivity contribution in [3.8, 4) is 0 Å². The number of benzene rings is 1. The molecule has 0 aromatic heterocycles. The number of oxime groups is 1. The molecular formula is C9H9ClN2O3. The minimum absolute atomic E-state index is 0.0479. The third kappa shape index (κ3) is 2.60. The topological polar surface area (TPSA) is 84.9 Å². The van der Waals surface area contributed by atoms with Gasteiger partial charge in [-0.15, -0.1) is 0 Å². The molecule has 6 heteroatoms. The maximum absolute atomic E-state index is 10.7. The molecule has 0 bridgehead atoms. The Morgan fingerprint density at radius 1 is 1.67 bits per heavy atom. The number of nitrogen functional groups attached to an aromatic ring is 1. The smallest absolute Gasteiger partial charge is 0.335 e. The number of nitrogens with zero attached hydrogens (tertiary/aromatic N) is 1. The van der Waals surface area contributed by atoms with Crippen LogP contribution in [0.25, 0.3) is 0 Å². The molecule has 5 nitrogen and oxygen atoms in total. The number of halogens is 1. The Kier molecular flexibility index (Phi) is 3.51. The molecule has 3 N–H and O–H groups in total. The molecule has 1 aromatic rings. The SMILES string of the molecule is CON=Cc1cc(C(=O)O)cc(Cl)c1N. The highest BCUT2D eigenvalue weighted by molar-refractivity contribution is 6.34. The van der Waals surface area contributed by atoms with Crippen molar-refractivity contribution in [3.05, 3.63) is 28.3 Å². The van der Waals surface area contributed by atoms with Crippen molar-refractivity contribution in [2.45, 2.75) is 0 Å². The van der Waals surface area contributed by atoms with Crippen LogP contribution in [0.15, 0.2) is 17.3 Å². The van der Waals surface area contributed by atoms with E-state index in [1.54, 1.807) is 0 Å². The van der Waals surface area contributed by atoms with Gasteiger partial charge in [-0.1, -0.05) is 16.8 Å². The molecule has 0 aliphatic carbocycles. The van der Waals surface area contributed by atoms with Gasteiger partial charge in [0.15, 0.2) is 0 Å². The van der Waals surface area contributed by atoms with Crippen molar-refractivity contribution >= 4 is 29.5 Å². The van der Waals surface area contributed by atoms with Crippen LogP contribution in [0.4, 0.5) is 5.69 Å². The van der Waals surface area contributed by atoms with Gasteiger partial charge in [0.25, 0.3) is 0 Å². The van der Waals surface area contributed by atoms with E-state index in [4.69, 9.17) is 22.4 Å². The summed E-state index contributed by atoms with van der Waals surface area (Å²) in [5.41, 5.74) is 6.34. The summed E-state index contributed by atoms with van der Waals surface area (Å²) in [5.74, 6) is -1.08. The summed E-state index contributed by atoms with van der Waals surface area (Å²) in [6.45, 7) is 0. The van der Waals surface area contributed by atoms with E-state index >= 15 is 0 Å². The Bertz CT molecular complexity index is 418. The zero-order valence-corrected chi connectivity index (χ0v) is 8.65. The average molecular weight is 229 g/mol. The molecule has 0 saturated heterocycles. The molecule has 0 unspecified atom stereocenters. The first-order valence-corrected chi connectivity index (χ1v) is 4.33. The molecule has 0 fully saturated rings. The van der Waals surface area contributed by atoms with Crippen molar-refractivity contribution in [3.63, 3.8) is 0 Å². The summed E-state index contributed by atoms with van der Waals surface area (Å²) in [6, 6.07) is 2.65. The van der Waals surface area contributed by atoms with Crippen LogP contribution >= 0.6 is 11.6 Å². The van der Waals surface area contributed by atoms with Crippen LogP contribution < -0.4 is 5.73 Å². The molecule has 0 heterocycles. The zero-order chi connectivity index (χ0) is 11.4. The molecular weight excluding hydrogens is 220 g/mol. The quantitative estimate of drug-likeness (QED) is 0.468. The minimum atomic E-state index is -1.08. The molecule has 80 valence electrons. The number of hydrogen-bond donors (Lipinski definition) is 2. The molecule has 1 aromatic carbocycles.